The zero-order valence-electron chi connectivity index (χ0n) is 10.9. The van der Waals surface area contributed by atoms with Gasteiger partial charge in [0.05, 0.1) is 5.56 Å². The van der Waals surface area contributed by atoms with E-state index in [9.17, 15) is 14.7 Å². The second kappa shape index (κ2) is 5.11. The molecule has 1 heterocycles. The van der Waals surface area contributed by atoms with Crippen LogP contribution in [0.5, 0.6) is 0 Å². The Bertz CT molecular complexity index is 543. The summed E-state index contributed by atoms with van der Waals surface area (Å²) in [5.74, 6) is -1.11. The number of hydrogen-bond acceptors (Lipinski definition) is 2. The zero-order chi connectivity index (χ0) is 14.2. The van der Waals surface area contributed by atoms with Crippen LogP contribution >= 0.6 is 22.6 Å². The minimum absolute atomic E-state index is 0.185. The number of rotatable bonds is 2. The van der Waals surface area contributed by atoms with Gasteiger partial charge in [-0.05, 0) is 60.9 Å². The molecule has 102 valence electrons. The van der Waals surface area contributed by atoms with E-state index < -0.39 is 11.5 Å². The number of halogens is 1. The lowest BCUT2D eigenvalue weighted by Crippen LogP contribution is -2.50. The Kier molecular flexibility index (Phi) is 3.85. The second-order valence-corrected chi connectivity index (χ2v) is 6.15. The Labute approximate surface area is 125 Å². The molecule has 1 aliphatic rings. The lowest BCUT2D eigenvalue weighted by atomic mass is 9.98. The summed E-state index contributed by atoms with van der Waals surface area (Å²) in [5.41, 5.74) is 0.543. The van der Waals surface area contributed by atoms with Crippen molar-refractivity contribution in [3.05, 3.63) is 32.9 Å². The first-order valence-corrected chi connectivity index (χ1v) is 7.26. The van der Waals surface area contributed by atoms with Gasteiger partial charge in [-0.1, -0.05) is 12.1 Å². The highest BCUT2D eigenvalue weighted by Crippen LogP contribution is 2.32. The van der Waals surface area contributed by atoms with E-state index in [-0.39, 0.29) is 5.91 Å². The molecule has 1 fully saturated rings. The molecular formula is C14H16INO3. The molecule has 1 aromatic rings. The number of carboxylic acids is 1. The van der Waals surface area contributed by atoms with Crippen molar-refractivity contribution in [2.45, 2.75) is 32.2 Å². The van der Waals surface area contributed by atoms with Gasteiger partial charge in [-0.2, -0.15) is 0 Å². The monoisotopic (exact) mass is 373 g/mol. The summed E-state index contributed by atoms with van der Waals surface area (Å²) < 4.78 is 0.893. The second-order valence-electron chi connectivity index (χ2n) is 5.08. The smallest absolute Gasteiger partial charge is 0.329 e. The normalized spacial score (nSPS) is 22.6. The van der Waals surface area contributed by atoms with E-state index in [1.807, 2.05) is 19.1 Å². The van der Waals surface area contributed by atoms with Gasteiger partial charge in [0.25, 0.3) is 5.91 Å². The topological polar surface area (TPSA) is 57.6 Å². The minimum Gasteiger partial charge on any atom is -0.480 e. The van der Waals surface area contributed by atoms with E-state index in [0.29, 0.717) is 18.5 Å². The summed E-state index contributed by atoms with van der Waals surface area (Å²) in [6.45, 7) is 4.08. The first-order chi connectivity index (χ1) is 8.88. The van der Waals surface area contributed by atoms with Crippen molar-refractivity contribution in [2.75, 3.05) is 6.54 Å². The third-order valence-electron chi connectivity index (χ3n) is 3.77. The molecule has 0 aromatic heterocycles. The number of benzene rings is 1. The summed E-state index contributed by atoms with van der Waals surface area (Å²) >= 11 is 2.14. The van der Waals surface area contributed by atoms with E-state index in [1.54, 1.807) is 13.0 Å². The predicted octanol–water partition coefficient (Wildman–Crippen LogP) is 2.68. The van der Waals surface area contributed by atoms with Gasteiger partial charge in [-0.15, -0.1) is 0 Å². The van der Waals surface area contributed by atoms with E-state index in [1.165, 1.54) is 4.90 Å². The van der Waals surface area contributed by atoms with Crippen molar-refractivity contribution < 1.29 is 14.7 Å². The number of carbonyl (C=O) groups excluding carboxylic acids is 1. The fraction of sp³-hybridized carbons (Fsp3) is 0.429. The van der Waals surface area contributed by atoms with Crippen LogP contribution < -0.4 is 0 Å². The summed E-state index contributed by atoms with van der Waals surface area (Å²) in [7, 11) is 0. The number of likely N-dealkylation sites (tertiary alicyclic amines) is 1. The van der Waals surface area contributed by atoms with E-state index in [0.717, 1.165) is 15.6 Å². The van der Waals surface area contributed by atoms with Gasteiger partial charge >= 0.3 is 5.97 Å². The van der Waals surface area contributed by atoms with E-state index in [2.05, 4.69) is 22.6 Å². The molecule has 1 saturated heterocycles. The molecule has 0 aliphatic carbocycles. The first-order valence-electron chi connectivity index (χ1n) is 6.18. The van der Waals surface area contributed by atoms with Gasteiger partial charge in [-0.3, -0.25) is 4.79 Å². The van der Waals surface area contributed by atoms with Crippen LogP contribution in [0.2, 0.25) is 0 Å². The molecule has 1 aliphatic heterocycles. The highest BCUT2D eigenvalue weighted by Gasteiger charge is 2.46. The lowest BCUT2D eigenvalue weighted by molar-refractivity contribution is -0.147. The maximum atomic E-state index is 12.6. The SMILES string of the molecule is Cc1cccc(C(=O)N2CCCC2(C)C(=O)O)c1I. The van der Waals surface area contributed by atoms with Crippen molar-refractivity contribution >= 4 is 34.5 Å². The third kappa shape index (κ3) is 2.35. The van der Waals surface area contributed by atoms with Gasteiger partial charge < -0.3 is 10.0 Å². The number of aliphatic carboxylic acids is 1. The Balaban J connectivity index is 2.39. The molecule has 4 nitrogen and oxygen atoms in total. The average Bonchev–Trinajstić information content (AvgIpc) is 2.75. The number of nitrogens with zero attached hydrogens (tertiary/aromatic N) is 1. The van der Waals surface area contributed by atoms with Crippen molar-refractivity contribution in [1.82, 2.24) is 4.90 Å². The first kappa shape index (κ1) is 14.3. The highest BCUT2D eigenvalue weighted by atomic mass is 127. The molecule has 1 unspecified atom stereocenters. The van der Waals surface area contributed by atoms with Crippen LogP contribution in [-0.2, 0) is 4.79 Å². The van der Waals surface area contributed by atoms with Crippen LogP contribution in [0, 0.1) is 10.5 Å². The van der Waals surface area contributed by atoms with Gasteiger partial charge in [0.1, 0.15) is 5.54 Å². The van der Waals surface area contributed by atoms with Gasteiger partial charge in [0.15, 0.2) is 0 Å². The summed E-state index contributed by atoms with van der Waals surface area (Å²) in [5, 5.41) is 9.37. The molecule has 0 spiro atoms. The average molecular weight is 373 g/mol. The number of aryl methyl sites for hydroxylation is 1. The maximum Gasteiger partial charge on any atom is 0.329 e. The Morgan fingerprint density at radius 1 is 1.42 bits per heavy atom. The molecule has 2 rings (SSSR count). The quantitative estimate of drug-likeness (QED) is 0.812. The summed E-state index contributed by atoms with van der Waals surface area (Å²) in [6.07, 6.45) is 1.24. The van der Waals surface area contributed by atoms with Crippen LogP contribution in [0.15, 0.2) is 18.2 Å². The Hall–Kier alpha value is -1.11. The van der Waals surface area contributed by atoms with E-state index >= 15 is 0 Å². The van der Waals surface area contributed by atoms with Crippen LogP contribution in [0.1, 0.15) is 35.7 Å². The van der Waals surface area contributed by atoms with Crippen molar-refractivity contribution in [3.8, 4) is 0 Å². The molecule has 0 saturated carbocycles. The zero-order valence-corrected chi connectivity index (χ0v) is 13.1. The van der Waals surface area contributed by atoms with Crippen molar-refractivity contribution in [3.63, 3.8) is 0 Å². The van der Waals surface area contributed by atoms with Gasteiger partial charge in [-0.25, -0.2) is 4.79 Å². The van der Waals surface area contributed by atoms with Gasteiger partial charge in [0.2, 0.25) is 0 Å². The molecule has 5 heteroatoms. The lowest BCUT2D eigenvalue weighted by Gasteiger charge is -2.31. The number of hydrogen-bond donors (Lipinski definition) is 1. The summed E-state index contributed by atoms with van der Waals surface area (Å²) in [6, 6.07) is 5.54. The molecule has 1 N–H and O–H groups in total. The number of carboxylic acid groups (broad SMARTS) is 1. The standard InChI is InChI=1S/C14H16INO3/c1-9-5-3-6-10(11(9)15)12(17)16-8-4-7-14(16,2)13(18)19/h3,5-6H,4,7-8H2,1-2H3,(H,18,19). The van der Waals surface area contributed by atoms with Crippen LogP contribution in [0.25, 0.3) is 0 Å². The Morgan fingerprint density at radius 2 is 2.11 bits per heavy atom. The Morgan fingerprint density at radius 3 is 2.74 bits per heavy atom. The summed E-state index contributed by atoms with van der Waals surface area (Å²) in [4.78, 5) is 25.5. The minimum atomic E-state index is -1.08. The molecule has 1 aromatic carbocycles. The predicted molar refractivity (Wildman–Crippen MR) is 80.2 cm³/mol. The number of carbonyl (C=O) groups is 2. The molecular weight excluding hydrogens is 357 g/mol. The molecule has 0 radical (unpaired) electrons. The van der Waals surface area contributed by atoms with Crippen molar-refractivity contribution in [2.24, 2.45) is 0 Å². The van der Waals surface area contributed by atoms with Crippen molar-refractivity contribution in [1.29, 1.82) is 0 Å². The largest absolute Gasteiger partial charge is 0.480 e. The molecule has 1 amide bonds. The van der Waals surface area contributed by atoms with Crippen LogP contribution in [-0.4, -0.2) is 34.0 Å². The fourth-order valence-electron chi connectivity index (χ4n) is 2.47. The fourth-order valence-corrected chi connectivity index (χ4v) is 3.06. The molecule has 1 atom stereocenters. The van der Waals surface area contributed by atoms with Crippen LogP contribution in [0.4, 0.5) is 0 Å². The van der Waals surface area contributed by atoms with Crippen LogP contribution in [0.3, 0.4) is 0 Å². The van der Waals surface area contributed by atoms with Gasteiger partial charge in [0, 0.05) is 10.1 Å². The maximum absolute atomic E-state index is 12.6. The van der Waals surface area contributed by atoms with E-state index in [4.69, 9.17) is 0 Å². The highest BCUT2D eigenvalue weighted by molar-refractivity contribution is 14.1. The third-order valence-corrected chi connectivity index (χ3v) is 5.20. The molecule has 0 bridgehead atoms. The molecule has 19 heavy (non-hydrogen) atoms. The number of amides is 1.